The topological polar surface area (TPSA) is 45.5 Å². The van der Waals surface area contributed by atoms with Gasteiger partial charge in [-0.1, -0.05) is 0 Å². The smallest absolute Gasteiger partial charge is 0.236 e. The molecule has 0 aliphatic heterocycles. The van der Waals surface area contributed by atoms with E-state index in [1.54, 1.807) is 18.2 Å². The number of furan rings is 1. The molecule has 1 aromatic heterocycles. The van der Waals surface area contributed by atoms with Crippen LogP contribution >= 0.6 is 15.9 Å². The largest absolute Gasteiger partial charge is 0.467 e. The quantitative estimate of drug-likeness (QED) is 0.888. The summed E-state index contributed by atoms with van der Waals surface area (Å²) in [5.41, 5.74) is 0. The van der Waals surface area contributed by atoms with E-state index in [-0.39, 0.29) is 5.91 Å². The lowest BCUT2D eigenvalue weighted by Gasteiger charge is -2.14. The molecular weight excluding hydrogens is 260 g/mol. The zero-order valence-corrected chi connectivity index (χ0v) is 10.5. The van der Waals surface area contributed by atoms with Crippen molar-refractivity contribution in [1.29, 1.82) is 0 Å². The normalized spacial score (nSPS) is 10.3. The summed E-state index contributed by atoms with van der Waals surface area (Å²) in [6.07, 6.45) is 1.61. The van der Waals surface area contributed by atoms with E-state index in [1.165, 1.54) is 0 Å². The standard InChI is InChI=1S/C10H15BrN2O2/c1-3-13(2)10(14)7-12-6-9-8(11)4-5-15-9/h4-5,12H,3,6-7H2,1-2H3. The molecule has 1 heterocycles. The van der Waals surface area contributed by atoms with Crippen molar-refractivity contribution in [3.8, 4) is 0 Å². The van der Waals surface area contributed by atoms with Gasteiger partial charge in [-0.05, 0) is 28.9 Å². The third kappa shape index (κ3) is 3.68. The van der Waals surface area contributed by atoms with E-state index in [0.29, 0.717) is 13.1 Å². The first-order valence-electron chi connectivity index (χ1n) is 4.81. The fraction of sp³-hybridized carbons (Fsp3) is 0.500. The van der Waals surface area contributed by atoms with Crippen LogP contribution in [0.5, 0.6) is 0 Å². The summed E-state index contributed by atoms with van der Waals surface area (Å²) in [6.45, 7) is 3.56. The zero-order valence-electron chi connectivity index (χ0n) is 8.92. The molecule has 1 amide bonds. The molecule has 0 fully saturated rings. The van der Waals surface area contributed by atoms with E-state index < -0.39 is 0 Å². The van der Waals surface area contributed by atoms with Crippen LogP contribution in [-0.2, 0) is 11.3 Å². The number of carbonyl (C=O) groups excluding carboxylic acids is 1. The first kappa shape index (κ1) is 12.3. The molecule has 0 atom stereocenters. The summed E-state index contributed by atoms with van der Waals surface area (Å²) < 4.78 is 6.12. The van der Waals surface area contributed by atoms with Crippen LogP contribution in [0.2, 0.25) is 0 Å². The number of hydrogen-bond acceptors (Lipinski definition) is 3. The lowest BCUT2D eigenvalue weighted by molar-refractivity contribution is -0.128. The van der Waals surface area contributed by atoms with Crippen molar-refractivity contribution in [2.24, 2.45) is 0 Å². The molecule has 15 heavy (non-hydrogen) atoms. The second kappa shape index (κ2) is 5.92. The molecular formula is C10H15BrN2O2. The number of nitrogens with zero attached hydrogens (tertiary/aromatic N) is 1. The number of halogens is 1. The fourth-order valence-corrected chi connectivity index (χ4v) is 1.39. The molecule has 0 radical (unpaired) electrons. The molecule has 0 spiro atoms. The Balaban J connectivity index is 2.28. The molecule has 5 heteroatoms. The number of hydrogen-bond donors (Lipinski definition) is 1. The van der Waals surface area contributed by atoms with Gasteiger partial charge in [0.25, 0.3) is 0 Å². The molecule has 1 aromatic rings. The average Bonchev–Trinajstić information content (AvgIpc) is 2.63. The highest BCUT2D eigenvalue weighted by Crippen LogP contribution is 2.16. The number of likely N-dealkylation sites (N-methyl/N-ethyl adjacent to an activating group) is 1. The SMILES string of the molecule is CCN(C)C(=O)CNCc1occc1Br. The third-order valence-corrected chi connectivity index (χ3v) is 2.86. The fourth-order valence-electron chi connectivity index (χ4n) is 1.05. The Morgan fingerprint density at radius 1 is 1.67 bits per heavy atom. The first-order chi connectivity index (χ1) is 7.15. The van der Waals surface area contributed by atoms with Crippen LogP contribution in [0.3, 0.4) is 0 Å². The zero-order chi connectivity index (χ0) is 11.3. The number of nitrogens with one attached hydrogen (secondary N) is 1. The number of carbonyl (C=O) groups is 1. The van der Waals surface area contributed by atoms with E-state index >= 15 is 0 Å². The Morgan fingerprint density at radius 2 is 2.40 bits per heavy atom. The van der Waals surface area contributed by atoms with Crippen LogP contribution < -0.4 is 5.32 Å². The molecule has 0 aliphatic carbocycles. The van der Waals surface area contributed by atoms with E-state index in [9.17, 15) is 4.79 Å². The molecule has 0 bridgehead atoms. The van der Waals surface area contributed by atoms with Crippen LogP contribution in [0.1, 0.15) is 12.7 Å². The summed E-state index contributed by atoms with van der Waals surface area (Å²) in [5, 5.41) is 3.03. The maximum Gasteiger partial charge on any atom is 0.236 e. The van der Waals surface area contributed by atoms with E-state index in [1.807, 2.05) is 13.0 Å². The molecule has 0 saturated heterocycles. The summed E-state index contributed by atoms with van der Waals surface area (Å²) >= 11 is 3.35. The second-order valence-electron chi connectivity index (χ2n) is 3.20. The minimum absolute atomic E-state index is 0.0835. The number of amides is 1. The van der Waals surface area contributed by atoms with Gasteiger partial charge in [0.15, 0.2) is 0 Å². The highest BCUT2D eigenvalue weighted by atomic mass is 79.9. The van der Waals surface area contributed by atoms with Crippen LogP contribution in [0.15, 0.2) is 21.2 Å². The van der Waals surface area contributed by atoms with Crippen LogP contribution in [0, 0.1) is 0 Å². The predicted octanol–water partition coefficient (Wildman–Crippen LogP) is 1.61. The van der Waals surface area contributed by atoms with Crippen molar-refractivity contribution >= 4 is 21.8 Å². The van der Waals surface area contributed by atoms with Gasteiger partial charge in [-0.3, -0.25) is 4.79 Å². The van der Waals surface area contributed by atoms with Crippen LogP contribution in [0.25, 0.3) is 0 Å². The van der Waals surface area contributed by atoms with Crippen molar-refractivity contribution in [2.75, 3.05) is 20.1 Å². The van der Waals surface area contributed by atoms with Gasteiger partial charge in [-0.15, -0.1) is 0 Å². The van der Waals surface area contributed by atoms with Gasteiger partial charge < -0.3 is 14.6 Å². The predicted molar refractivity (Wildman–Crippen MR) is 61.4 cm³/mol. The van der Waals surface area contributed by atoms with Crippen molar-refractivity contribution in [1.82, 2.24) is 10.2 Å². The molecule has 0 aromatic carbocycles. The number of rotatable bonds is 5. The van der Waals surface area contributed by atoms with E-state index in [4.69, 9.17) is 4.42 Å². The van der Waals surface area contributed by atoms with Crippen molar-refractivity contribution in [3.05, 3.63) is 22.6 Å². The molecule has 4 nitrogen and oxygen atoms in total. The van der Waals surface area contributed by atoms with Gasteiger partial charge in [0.05, 0.1) is 23.8 Å². The third-order valence-electron chi connectivity index (χ3n) is 2.15. The lowest BCUT2D eigenvalue weighted by Crippen LogP contribution is -2.35. The van der Waals surface area contributed by atoms with E-state index in [0.717, 1.165) is 16.8 Å². The molecule has 1 rings (SSSR count). The highest BCUT2D eigenvalue weighted by molar-refractivity contribution is 9.10. The molecule has 1 N–H and O–H groups in total. The highest BCUT2D eigenvalue weighted by Gasteiger charge is 2.07. The summed E-state index contributed by atoms with van der Waals surface area (Å²) in [6, 6.07) is 1.83. The Hall–Kier alpha value is -0.810. The van der Waals surface area contributed by atoms with Crippen molar-refractivity contribution in [3.63, 3.8) is 0 Å². The second-order valence-corrected chi connectivity index (χ2v) is 4.06. The first-order valence-corrected chi connectivity index (χ1v) is 5.61. The van der Waals surface area contributed by atoms with Gasteiger partial charge in [0, 0.05) is 13.6 Å². The van der Waals surface area contributed by atoms with Crippen molar-refractivity contribution in [2.45, 2.75) is 13.5 Å². The molecule has 84 valence electrons. The minimum atomic E-state index is 0.0835. The maximum absolute atomic E-state index is 11.4. The lowest BCUT2D eigenvalue weighted by atomic mass is 10.4. The Labute approximate surface area is 97.8 Å². The minimum Gasteiger partial charge on any atom is -0.467 e. The molecule has 0 aliphatic rings. The van der Waals surface area contributed by atoms with Gasteiger partial charge in [-0.25, -0.2) is 0 Å². The monoisotopic (exact) mass is 274 g/mol. The summed E-state index contributed by atoms with van der Waals surface area (Å²) in [5.74, 6) is 0.891. The van der Waals surface area contributed by atoms with Gasteiger partial charge in [0.1, 0.15) is 5.76 Å². The van der Waals surface area contributed by atoms with Crippen LogP contribution in [0.4, 0.5) is 0 Å². The van der Waals surface area contributed by atoms with Gasteiger partial charge in [0.2, 0.25) is 5.91 Å². The summed E-state index contributed by atoms with van der Waals surface area (Å²) in [7, 11) is 1.78. The van der Waals surface area contributed by atoms with Gasteiger partial charge >= 0.3 is 0 Å². The van der Waals surface area contributed by atoms with Crippen LogP contribution in [-0.4, -0.2) is 30.9 Å². The Morgan fingerprint density at radius 3 is 2.93 bits per heavy atom. The summed E-state index contributed by atoms with van der Waals surface area (Å²) in [4.78, 5) is 13.1. The molecule has 0 saturated carbocycles. The van der Waals surface area contributed by atoms with Crippen molar-refractivity contribution < 1.29 is 9.21 Å². The Kier molecular flexibility index (Phi) is 4.84. The average molecular weight is 275 g/mol. The Bertz CT molecular complexity index is 325. The molecule has 0 unspecified atom stereocenters. The van der Waals surface area contributed by atoms with Gasteiger partial charge in [-0.2, -0.15) is 0 Å². The maximum atomic E-state index is 11.4. The van der Waals surface area contributed by atoms with E-state index in [2.05, 4.69) is 21.2 Å².